The minimum Gasteiger partial charge on any atom is -0.295 e. The Balaban J connectivity index is 2.71. The summed E-state index contributed by atoms with van der Waals surface area (Å²) >= 11 is 4.77. The van der Waals surface area contributed by atoms with Crippen molar-refractivity contribution in [3.05, 3.63) is 21.1 Å². The molecular formula is C7H6BrNOS. The van der Waals surface area contributed by atoms with Gasteiger partial charge in [-0.25, -0.2) is 4.98 Å². The lowest BCUT2D eigenvalue weighted by molar-refractivity contribution is -0.112. The van der Waals surface area contributed by atoms with Crippen LogP contribution in [0, 0.1) is 0 Å². The normalized spacial score (nSPS) is 10.7. The first-order valence-electron chi connectivity index (χ1n) is 2.98. The van der Waals surface area contributed by atoms with E-state index < -0.39 is 0 Å². The van der Waals surface area contributed by atoms with Crippen LogP contribution in [0.5, 0.6) is 0 Å². The number of halogens is 1. The maximum absolute atomic E-state index is 10.5. The summed E-state index contributed by atoms with van der Waals surface area (Å²) in [4.78, 5) is 14.5. The molecule has 58 valence electrons. The summed E-state index contributed by atoms with van der Waals surface area (Å²) in [7, 11) is 0. The van der Waals surface area contributed by atoms with Crippen molar-refractivity contribution < 1.29 is 4.79 Å². The van der Waals surface area contributed by atoms with E-state index in [0.29, 0.717) is 0 Å². The molecular weight excluding hydrogens is 226 g/mol. The van der Waals surface area contributed by atoms with Crippen molar-refractivity contribution in [3.63, 3.8) is 0 Å². The molecule has 1 rings (SSSR count). The standard InChI is InChI=1S/C7H6BrNOS/c1-5(10)2-3-7-9-4-6(8)11-7/h2-4H,1H3/b3-2+. The zero-order chi connectivity index (χ0) is 8.27. The van der Waals surface area contributed by atoms with Gasteiger partial charge in [0.1, 0.15) is 5.01 Å². The zero-order valence-corrected chi connectivity index (χ0v) is 8.28. The van der Waals surface area contributed by atoms with Crippen molar-refractivity contribution in [2.24, 2.45) is 0 Å². The number of hydrogen-bond acceptors (Lipinski definition) is 3. The van der Waals surface area contributed by atoms with E-state index >= 15 is 0 Å². The first-order chi connectivity index (χ1) is 5.18. The Morgan fingerprint density at radius 2 is 2.55 bits per heavy atom. The predicted molar refractivity (Wildman–Crippen MR) is 49.5 cm³/mol. The first-order valence-corrected chi connectivity index (χ1v) is 4.59. The largest absolute Gasteiger partial charge is 0.295 e. The maximum atomic E-state index is 10.5. The summed E-state index contributed by atoms with van der Waals surface area (Å²) in [6.45, 7) is 1.51. The second kappa shape index (κ2) is 3.78. The molecule has 1 heterocycles. The van der Waals surface area contributed by atoms with Crippen LogP contribution >= 0.6 is 27.3 Å². The van der Waals surface area contributed by atoms with E-state index in [4.69, 9.17) is 0 Å². The first kappa shape index (κ1) is 8.62. The Kier molecular flexibility index (Phi) is 2.96. The fourth-order valence-electron chi connectivity index (χ4n) is 0.533. The van der Waals surface area contributed by atoms with Gasteiger partial charge in [-0.3, -0.25) is 4.79 Å². The quantitative estimate of drug-likeness (QED) is 0.733. The van der Waals surface area contributed by atoms with E-state index in [1.54, 1.807) is 12.3 Å². The van der Waals surface area contributed by atoms with Crippen molar-refractivity contribution in [1.29, 1.82) is 0 Å². The number of ketones is 1. The highest BCUT2D eigenvalue weighted by Gasteiger charge is 1.93. The SMILES string of the molecule is CC(=O)/C=C/c1ncc(Br)s1. The fraction of sp³-hybridized carbons (Fsp3) is 0.143. The zero-order valence-electron chi connectivity index (χ0n) is 5.87. The van der Waals surface area contributed by atoms with Gasteiger partial charge in [0.15, 0.2) is 5.78 Å². The van der Waals surface area contributed by atoms with Gasteiger partial charge in [-0.2, -0.15) is 0 Å². The number of thiazole rings is 1. The van der Waals surface area contributed by atoms with Crippen molar-refractivity contribution in [2.75, 3.05) is 0 Å². The molecule has 0 aliphatic carbocycles. The van der Waals surface area contributed by atoms with Crippen LogP contribution in [0.3, 0.4) is 0 Å². The van der Waals surface area contributed by atoms with Crippen LogP contribution in [0.2, 0.25) is 0 Å². The lowest BCUT2D eigenvalue weighted by Crippen LogP contribution is -1.78. The van der Waals surface area contributed by atoms with Crippen LogP contribution in [0.4, 0.5) is 0 Å². The van der Waals surface area contributed by atoms with E-state index in [-0.39, 0.29) is 5.78 Å². The van der Waals surface area contributed by atoms with Crippen LogP contribution in [0.25, 0.3) is 6.08 Å². The van der Waals surface area contributed by atoms with E-state index in [2.05, 4.69) is 20.9 Å². The van der Waals surface area contributed by atoms with Crippen LogP contribution in [-0.2, 0) is 4.79 Å². The topological polar surface area (TPSA) is 30.0 Å². The lowest BCUT2D eigenvalue weighted by atomic mass is 10.4. The smallest absolute Gasteiger partial charge is 0.152 e. The van der Waals surface area contributed by atoms with Crippen molar-refractivity contribution in [1.82, 2.24) is 4.98 Å². The Morgan fingerprint density at radius 3 is 3.00 bits per heavy atom. The molecule has 11 heavy (non-hydrogen) atoms. The minimum atomic E-state index is 0.0383. The summed E-state index contributed by atoms with van der Waals surface area (Å²) < 4.78 is 0.973. The van der Waals surface area contributed by atoms with Gasteiger partial charge in [-0.15, -0.1) is 11.3 Å². The van der Waals surface area contributed by atoms with Crippen LogP contribution in [0.1, 0.15) is 11.9 Å². The van der Waals surface area contributed by atoms with Crippen LogP contribution in [-0.4, -0.2) is 10.8 Å². The summed E-state index contributed by atoms with van der Waals surface area (Å²) in [5, 5.41) is 0.840. The van der Waals surface area contributed by atoms with Gasteiger partial charge in [0, 0.05) is 0 Å². The highest BCUT2D eigenvalue weighted by atomic mass is 79.9. The Morgan fingerprint density at radius 1 is 1.82 bits per heavy atom. The molecule has 0 radical (unpaired) electrons. The second-order valence-corrected chi connectivity index (χ2v) is 4.39. The molecule has 0 unspecified atom stereocenters. The number of nitrogens with zero attached hydrogens (tertiary/aromatic N) is 1. The third kappa shape index (κ3) is 2.95. The monoisotopic (exact) mass is 231 g/mol. The third-order valence-electron chi connectivity index (χ3n) is 0.956. The highest BCUT2D eigenvalue weighted by Crippen LogP contribution is 2.19. The number of aromatic nitrogens is 1. The molecule has 0 amide bonds. The Labute approximate surface area is 77.1 Å². The van der Waals surface area contributed by atoms with Gasteiger partial charge >= 0.3 is 0 Å². The van der Waals surface area contributed by atoms with Crippen molar-refractivity contribution in [3.8, 4) is 0 Å². The molecule has 1 aromatic rings. The van der Waals surface area contributed by atoms with Crippen LogP contribution in [0.15, 0.2) is 16.1 Å². The van der Waals surface area contributed by atoms with Gasteiger partial charge in [-0.1, -0.05) is 0 Å². The van der Waals surface area contributed by atoms with Gasteiger partial charge in [-0.05, 0) is 35.0 Å². The highest BCUT2D eigenvalue weighted by molar-refractivity contribution is 9.11. The molecule has 1 aromatic heterocycles. The van der Waals surface area contributed by atoms with Crippen molar-refractivity contribution >= 4 is 39.1 Å². The van der Waals surface area contributed by atoms with Crippen LogP contribution < -0.4 is 0 Å². The number of carbonyl (C=O) groups is 1. The minimum absolute atomic E-state index is 0.0383. The fourth-order valence-corrected chi connectivity index (χ4v) is 1.68. The number of rotatable bonds is 2. The molecule has 0 aliphatic heterocycles. The molecule has 0 fully saturated rings. The second-order valence-electron chi connectivity index (χ2n) is 1.95. The average Bonchev–Trinajstić information content (AvgIpc) is 2.31. The molecule has 4 heteroatoms. The summed E-state index contributed by atoms with van der Waals surface area (Å²) in [5.41, 5.74) is 0. The predicted octanol–water partition coefficient (Wildman–Crippen LogP) is 2.51. The van der Waals surface area contributed by atoms with E-state index in [9.17, 15) is 4.79 Å². The summed E-state index contributed by atoms with van der Waals surface area (Å²) in [6, 6.07) is 0. The molecule has 0 saturated carbocycles. The Bertz CT molecular complexity index is 292. The van der Waals surface area contributed by atoms with E-state index in [1.807, 2.05) is 0 Å². The van der Waals surface area contributed by atoms with E-state index in [1.165, 1.54) is 24.3 Å². The van der Waals surface area contributed by atoms with Gasteiger partial charge in [0.25, 0.3) is 0 Å². The van der Waals surface area contributed by atoms with Gasteiger partial charge in [0.05, 0.1) is 9.98 Å². The average molecular weight is 232 g/mol. The summed E-state index contributed by atoms with van der Waals surface area (Å²) in [5.74, 6) is 0.0383. The lowest BCUT2D eigenvalue weighted by Gasteiger charge is -1.78. The van der Waals surface area contributed by atoms with Gasteiger partial charge < -0.3 is 0 Å². The van der Waals surface area contributed by atoms with Crippen molar-refractivity contribution in [2.45, 2.75) is 6.92 Å². The molecule has 0 bridgehead atoms. The molecule has 0 aliphatic rings. The Hall–Kier alpha value is -0.480. The molecule has 0 N–H and O–H groups in total. The van der Waals surface area contributed by atoms with Gasteiger partial charge in [0.2, 0.25) is 0 Å². The number of allylic oxidation sites excluding steroid dienone is 1. The molecule has 0 atom stereocenters. The number of carbonyl (C=O) groups excluding carboxylic acids is 1. The summed E-state index contributed by atoms with van der Waals surface area (Å²) in [6.07, 6.45) is 4.92. The number of hydrogen-bond donors (Lipinski definition) is 0. The molecule has 2 nitrogen and oxygen atoms in total. The maximum Gasteiger partial charge on any atom is 0.152 e. The van der Waals surface area contributed by atoms with E-state index in [0.717, 1.165) is 8.79 Å². The molecule has 0 saturated heterocycles. The molecule has 0 spiro atoms. The molecule has 0 aromatic carbocycles. The third-order valence-corrected chi connectivity index (χ3v) is 2.40.